The number of ether oxygens (including phenoxy) is 1. The van der Waals surface area contributed by atoms with Crippen LogP contribution in [0.3, 0.4) is 0 Å². The van der Waals surface area contributed by atoms with E-state index in [0.717, 1.165) is 10.2 Å². The summed E-state index contributed by atoms with van der Waals surface area (Å²) in [7, 11) is 0. The lowest BCUT2D eigenvalue weighted by Gasteiger charge is -2.23. The zero-order valence-corrected chi connectivity index (χ0v) is 10.7. The summed E-state index contributed by atoms with van der Waals surface area (Å²) in [6.07, 6.45) is 2.00. The predicted octanol–water partition coefficient (Wildman–Crippen LogP) is 3.00. The van der Waals surface area contributed by atoms with Gasteiger partial charge in [-0.05, 0) is 24.5 Å². The van der Waals surface area contributed by atoms with Gasteiger partial charge in [0.05, 0.1) is 18.1 Å². The molecule has 1 aliphatic heterocycles. The van der Waals surface area contributed by atoms with Crippen molar-refractivity contribution in [3.63, 3.8) is 0 Å². The van der Waals surface area contributed by atoms with Gasteiger partial charge in [0.1, 0.15) is 5.75 Å². The summed E-state index contributed by atoms with van der Waals surface area (Å²) in [5, 5.41) is 0. The first-order valence-electron chi connectivity index (χ1n) is 4.68. The molecule has 0 aromatic heterocycles. The highest BCUT2D eigenvalue weighted by Gasteiger charge is 2.28. The predicted molar refractivity (Wildman–Crippen MR) is 65.8 cm³/mol. The third kappa shape index (κ3) is 2.21. The van der Waals surface area contributed by atoms with E-state index in [0.29, 0.717) is 17.9 Å². The first-order valence-corrected chi connectivity index (χ1v) is 6.86. The molecule has 1 atom stereocenters. The number of benzene rings is 1. The van der Waals surface area contributed by atoms with Crippen molar-refractivity contribution in [2.75, 3.05) is 18.6 Å². The van der Waals surface area contributed by atoms with Crippen LogP contribution in [0, 0.1) is 5.92 Å². The average molecular weight is 287 g/mol. The minimum atomic E-state index is 0.00167. The van der Waals surface area contributed by atoms with Crippen LogP contribution in [-0.4, -0.2) is 24.4 Å². The van der Waals surface area contributed by atoms with Crippen LogP contribution in [0.15, 0.2) is 22.7 Å². The molecule has 0 saturated heterocycles. The second kappa shape index (κ2) is 4.58. The van der Waals surface area contributed by atoms with E-state index in [9.17, 15) is 4.79 Å². The Labute approximate surface area is 102 Å². The highest BCUT2D eigenvalue weighted by atomic mass is 79.9. The van der Waals surface area contributed by atoms with Crippen LogP contribution in [0.4, 0.5) is 0 Å². The Hall–Kier alpha value is -0.480. The van der Waals surface area contributed by atoms with E-state index in [-0.39, 0.29) is 11.7 Å². The standard InChI is InChI=1S/C11H11BrO2S/c1-15-6-7-5-14-10-3-2-8(12)4-9(10)11(7)13/h2-4,7H,5-6H2,1H3. The summed E-state index contributed by atoms with van der Waals surface area (Å²) in [5.74, 6) is 1.74. The Morgan fingerprint density at radius 1 is 1.60 bits per heavy atom. The van der Waals surface area contributed by atoms with Gasteiger partial charge in [0.25, 0.3) is 0 Å². The quantitative estimate of drug-likeness (QED) is 0.836. The Bertz CT molecular complexity index is 392. The molecule has 1 heterocycles. The lowest BCUT2D eigenvalue weighted by molar-refractivity contribution is 0.0853. The number of hydrogen-bond acceptors (Lipinski definition) is 3. The summed E-state index contributed by atoms with van der Waals surface area (Å²) in [6.45, 7) is 0.508. The summed E-state index contributed by atoms with van der Waals surface area (Å²) < 4.78 is 6.48. The van der Waals surface area contributed by atoms with Crippen LogP contribution in [0.2, 0.25) is 0 Å². The molecule has 1 aliphatic rings. The van der Waals surface area contributed by atoms with Crippen LogP contribution in [0.5, 0.6) is 5.75 Å². The molecule has 4 heteroatoms. The smallest absolute Gasteiger partial charge is 0.173 e. The largest absolute Gasteiger partial charge is 0.492 e. The van der Waals surface area contributed by atoms with Crippen LogP contribution < -0.4 is 4.74 Å². The number of Topliss-reactive ketones (excluding diaryl/α,β-unsaturated/α-hetero) is 1. The van der Waals surface area contributed by atoms with Gasteiger partial charge in [-0.25, -0.2) is 0 Å². The second-order valence-corrected chi connectivity index (χ2v) is 5.29. The first kappa shape index (κ1) is 11.0. The van der Waals surface area contributed by atoms with Crippen molar-refractivity contribution in [1.29, 1.82) is 0 Å². The minimum Gasteiger partial charge on any atom is -0.492 e. The minimum absolute atomic E-state index is 0.00167. The molecule has 80 valence electrons. The molecule has 1 aromatic rings. The van der Waals surface area contributed by atoms with Gasteiger partial charge < -0.3 is 4.74 Å². The highest BCUT2D eigenvalue weighted by Crippen LogP contribution is 2.30. The molecule has 0 N–H and O–H groups in total. The van der Waals surface area contributed by atoms with Gasteiger partial charge in [-0.2, -0.15) is 11.8 Å². The Morgan fingerprint density at radius 3 is 3.13 bits per heavy atom. The summed E-state index contributed by atoms with van der Waals surface area (Å²) in [5.41, 5.74) is 0.703. The summed E-state index contributed by atoms with van der Waals surface area (Å²) >= 11 is 5.04. The third-order valence-electron chi connectivity index (χ3n) is 2.39. The molecule has 0 amide bonds. The fourth-order valence-corrected chi connectivity index (χ4v) is 2.64. The maximum Gasteiger partial charge on any atom is 0.173 e. The van der Waals surface area contributed by atoms with Gasteiger partial charge in [-0.15, -0.1) is 0 Å². The maximum atomic E-state index is 12.0. The number of ketones is 1. The van der Waals surface area contributed by atoms with Crippen LogP contribution in [-0.2, 0) is 0 Å². The Morgan fingerprint density at radius 2 is 2.40 bits per heavy atom. The molecule has 2 rings (SSSR count). The van der Waals surface area contributed by atoms with Crippen molar-refractivity contribution in [2.45, 2.75) is 0 Å². The lowest BCUT2D eigenvalue weighted by atomic mass is 9.97. The van der Waals surface area contributed by atoms with E-state index in [1.165, 1.54) is 0 Å². The van der Waals surface area contributed by atoms with Crippen molar-refractivity contribution in [3.8, 4) is 5.75 Å². The molecule has 1 unspecified atom stereocenters. The molecule has 0 aliphatic carbocycles. The van der Waals surface area contributed by atoms with Gasteiger partial charge in [0.15, 0.2) is 5.78 Å². The second-order valence-electron chi connectivity index (χ2n) is 3.47. The SMILES string of the molecule is CSCC1COc2ccc(Br)cc2C1=O. The van der Waals surface area contributed by atoms with Crippen molar-refractivity contribution in [2.24, 2.45) is 5.92 Å². The average Bonchev–Trinajstić information content (AvgIpc) is 2.23. The molecule has 0 saturated carbocycles. The van der Waals surface area contributed by atoms with Crippen molar-refractivity contribution in [3.05, 3.63) is 28.2 Å². The number of fused-ring (bicyclic) bond motifs is 1. The van der Waals surface area contributed by atoms with Gasteiger partial charge in [0, 0.05) is 10.2 Å². The molecule has 15 heavy (non-hydrogen) atoms. The first-order chi connectivity index (χ1) is 7.22. The number of carbonyl (C=O) groups is 1. The topological polar surface area (TPSA) is 26.3 Å². The van der Waals surface area contributed by atoms with E-state index in [1.807, 2.05) is 24.5 Å². The Balaban J connectivity index is 2.32. The van der Waals surface area contributed by atoms with E-state index in [4.69, 9.17) is 4.74 Å². The third-order valence-corrected chi connectivity index (χ3v) is 3.61. The van der Waals surface area contributed by atoms with Crippen molar-refractivity contribution < 1.29 is 9.53 Å². The van der Waals surface area contributed by atoms with Gasteiger partial charge >= 0.3 is 0 Å². The normalized spacial score (nSPS) is 19.6. The van der Waals surface area contributed by atoms with Crippen LogP contribution in [0.25, 0.3) is 0 Å². The van der Waals surface area contributed by atoms with Crippen molar-refractivity contribution >= 4 is 33.5 Å². The van der Waals surface area contributed by atoms with Crippen LogP contribution >= 0.6 is 27.7 Å². The number of halogens is 1. The van der Waals surface area contributed by atoms with E-state index >= 15 is 0 Å². The van der Waals surface area contributed by atoms with Gasteiger partial charge in [-0.3, -0.25) is 4.79 Å². The van der Waals surface area contributed by atoms with Gasteiger partial charge in [-0.1, -0.05) is 15.9 Å². The van der Waals surface area contributed by atoms with E-state index in [2.05, 4.69) is 15.9 Å². The monoisotopic (exact) mass is 286 g/mol. The number of hydrogen-bond donors (Lipinski definition) is 0. The molecule has 0 fully saturated rings. The van der Waals surface area contributed by atoms with Crippen molar-refractivity contribution in [1.82, 2.24) is 0 Å². The molecular weight excluding hydrogens is 276 g/mol. The fourth-order valence-electron chi connectivity index (χ4n) is 1.63. The molecule has 2 nitrogen and oxygen atoms in total. The van der Waals surface area contributed by atoms with Crippen LogP contribution in [0.1, 0.15) is 10.4 Å². The molecule has 1 aromatic carbocycles. The highest BCUT2D eigenvalue weighted by molar-refractivity contribution is 9.10. The fraction of sp³-hybridized carbons (Fsp3) is 0.364. The number of thioether (sulfide) groups is 1. The number of rotatable bonds is 2. The molecular formula is C11H11BrO2S. The van der Waals surface area contributed by atoms with E-state index < -0.39 is 0 Å². The zero-order chi connectivity index (χ0) is 10.8. The lowest BCUT2D eigenvalue weighted by Crippen LogP contribution is -2.29. The Kier molecular flexibility index (Phi) is 3.36. The molecule has 0 spiro atoms. The molecule has 0 bridgehead atoms. The van der Waals surface area contributed by atoms with Gasteiger partial charge in [0.2, 0.25) is 0 Å². The van der Waals surface area contributed by atoms with E-state index in [1.54, 1.807) is 11.8 Å². The molecule has 0 radical (unpaired) electrons. The summed E-state index contributed by atoms with van der Waals surface area (Å²) in [4.78, 5) is 12.0. The zero-order valence-electron chi connectivity index (χ0n) is 8.33. The number of carbonyl (C=O) groups excluding carboxylic acids is 1. The summed E-state index contributed by atoms with van der Waals surface area (Å²) in [6, 6.07) is 5.57. The maximum absolute atomic E-state index is 12.0.